The van der Waals surface area contributed by atoms with Crippen molar-refractivity contribution in [2.45, 2.75) is 68.9 Å². The number of pyridine rings is 1. The number of carbonyl (C=O) groups excluding carboxylic acids is 1. The van der Waals surface area contributed by atoms with Crippen molar-refractivity contribution in [2.24, 2.45) is 17.6 Å². The molecule has 0 spiro atoms. The van der Waals surface area contributed by atoms with Crippen molar-refractivity contribution in [3.63, 3.8) is 0 Å². The van der Waals surface area contributed by atoms with E-state index < -0.39 is 6.23 Å². The Morgan fingerprint density at radius 2 is 1.89 bits per heavy atom. The second kappa shape index (κ2) is 11.4. The van der Waals surface area contributed by atoms with Crippen LogP contribution in [0, 0.1) is 11.8 Å². The van der Waals surface area contributed by atoms with Crippen LogP contribution in [-0.2, 0) is 6.42 Å². The first-order valence-corrected chi connectivity index (χ1v) is 15.2. The molecule has 0 radical (unpaired) electrons. The Morgan fingerprint density at radius 1 is 1.17 bits per heavy atom. The van der Waals surface area contributed by atoms with Gasteiger partial charge in [-0.3, -0.25) is 9.88 Å². The molecule has 36 heavy (non-hydrogen) atoms. The molecule has 2 aliphatic carbocycles. The van der Waals surface area contributed by atoms with Gasteiger partial charge in [-0.15, -0.1) is 11.6 Å². The molecule has 5 rings (SSSR count). The molecular weight excluding hydrogens is 608 g/mol. The van der Waals surface area contributed by atoms with E-state index in [1.807, 2.05) is 6.20 Å². The molecule has 0 saturated carbocycles. The van der Waals surface area contributed by atoms with Crippen molar-refractivity contribution in [2.75, 3.05) is 26.2 Å². The largest absolute Gasteiger partial charge is 0.378 e. The van der Waals surface area contributed by atoms with E-state index in [1.165, 1.54) is 22.4 Å². The number of likely N-dealkylation sites (tertiary alicyclic amines) is 2. The third kappa shape index (κ3) is 5.73. The summed E-state index contributed by atoms with van der Waals surface area (Å²) in [4.78, 5) is 20.3. The highest BCUT2D eigenvalue weighted by molar-refractivity contribution is 9.12. The fourth-order valence-electron chi connectivity index (χ4n) is 6.67. The van der Waals surface area contributed by atoms with Gasteiger partial charge in [-0.1, -0.05) is 27.6 Å². The van der Waals surface area contributed by atoms with Crippen LogP contribution in [-0.4, -0.2) is 63.7 Å². The Kier molecular flexibility index (Phi) is 8.47. The number of amides is 2. The molecular formula is C27H35Br2ClN4O2. The Hall–Kier alpha value is -0.930. The molecule has 6 nitrogen and oxygen atoms in total. The number of carbonyl (C=O) groups is 1. The van der Waals surface area contributed by atoms with Crippen LogP contribution in [0.3, 0.4) is 0 Å². The molecule has 2 amide bonds. The number of aryl methyl sites for hydroxylation is 1. The third-order valence-electron chi connectivity index (χ3n) is 8.61. The molecule has 2 unspecified atom stereocenters. The highest BCUT2D eigenvalue weighted by Crippen LogP contribution is 2.50. The first-order valence-electron chi connectivity index (χ1n) is 13.1. The minimum Gasteiger partial charge on any atom is -0.378 e. The number of nitrogens with two attached hydrogens (primary N) is 1. The highest BCUT2D eigenvalue weighted by Gasteiger charge is 2.39. The van der Waals surface area contributed by atoms with Crippen LogP contribution < -0.4 is 5.73 Å². The number of hydrogen-bond donors (Lipinski definition) is 2. The molecule has 3 N–H and O–H groups in total. The molecule has 2 saturated heterocycles. The molecule has 196 valence electrons. The number of aromatic nitrogens is 1. The lowest BCUT2D eigenvalue weighted by atomic mass is 9.74. The molecule has 0 bridgehead atoms. The van der Waals surface area contributed by atoms with Gasteiger partial charge < -0.3 is 15.7 Å². The predicted octanol–water partition coefficient (Wildman–Crippen LogP) is 5.67. The summed E-state index contributed by atoms with van der Waals surface area (Å²) in [6, 6.07) is 1.91. The number of aliphatic hydroxyl groups is 1. The summed E-state index contributed by atoms with van der Waals surface area (Å²) in [5.74, 6) is 1.15. The Labute approximate surface area is 235 Å². The van der Waals surface area contributed by atoms with Gasteiger partial charge in [0.05, 0.1) is 11.1 Å². The monoisotopic (exact) mass is 640 g/mol. The molecule has 9 heteroatoms. The van der Waals surface area contributed by atoms with Gasteiger partial charge in [0.1, 0.15) is 6.23 Å². The van der Waals surface area contributed by atoms with Gasteiger partial charge in [0.25, 0.3) is 0 Å². The van der Waals surface area contributed by atoms with Gasteiger partial charge >= 0.3 is 6.03 Å². The number of primary amides is 1. The Balaban J connectivity index is 1.28. The lowest BCUT2D eigenvalue weighted by Crippen LogP contribution is -2.45. The maximum absolute atomic E-state index is 11.4. The average Bonchev–Trinajstić information content (AvgIpc) is 3.01. The number of halogens is 3. The molecule has 2 aliphatic heterocycles. The smallest absolute Gasteiger partial charge is 0.314 e. The zero-order chi connectivity index (χ0) is 25.4. The summed E-state index contributed by atoms with van der Waals surface area (Å²) < 4.78 is 2.17. The fraction of sp³-hybridized carbons (Fsp3) is 0.630. The summed E-state index contributed by atoms with van der Waals surface area (Å²) >= 11 is 14.1. The summed E-state index contributed by atoms with van der Waals surface area (Å²) in [6.07, 6.45) is 11.2. The molecule has 1 aromatic rings. The van der Waals surface area contributed by atoms with Gasteiger partial charge in [-0.2, -0.15) is 0 Å². The number of hydrogen-bond acceptors (Lipinski definition) is 4. The second-order valence-corrected chi connectivity index (χ2v) is 13.1. The lowest BCUT2D eigenvalue weighted by Gasteiger charge is -2.41. The van der Waals surface area contributed by atoms with E-state index in [9.17, 15) is 9.90 Å². The minimum atomic E-state index is -0.431. The molecule has 3 atom stereocenters. The first-order chi connectivity index (χ1) is 17.3. The maximum Gasteiger partial charge on any atom is 0.314 e. The lowest BCUT2D eigenvalue weighted by molar-refractivity contribution is -0.0370. The highest BCUT2D eigenvalue weighted by atomic mass is 79.9. The van der Waals surface area contributed by atoms with Crippen LogP contribution in [0.4, 0.5) is 4.79 Å². The fourth-order valence-corrected chi connectivity index (χ4v) is 8.36. The summed E-state index contributed by atoms with van der Waals surface area (Å²) in [7, 11) is 0. The van der Waals surface area contributed by atoms with Crippen LogP contribution in [0.15, 0.2) is 38.4 Å². The number of alkyl halides is 1. The van der Waals surface area contributed by atoms with E-state index >= 15 is 0 Å². The standard InChI is InChI=1S/C27H35Br2ClN4O2/c28-20-12-19-2-1-18-13-21(30)14-22(29)24(18)25(26(19)32-15-20)17-5-9-33(10-6-17)23(35)11-16-3-7-34(8-4-16)27(31)36/h12,14-17,21,23,25,35H,1-11,13H2,(H2,31,36)/t21?,23?,25-/m1/s1. The number of urea groups is 1. The number of rotatable bonds is 4. The Morgan fingerprint density at radius 3 is 2.58 bits per heavy atom. The van der Waals surface area contributed by atoms with Crippen LogP contribution in [0.1, 0.15) is 62.1 Å². The van der Waals surface area contributed by atoms with Gasteiger partial charge in [-0.25, -0.2) is 4.79 Å². The van der Waals surface area contributed by atoms with E-state index in [1.54, 1.807) is 4.90 Å². The van der Waals surface area contributed by atoms with Crippen molar-refractivity contribution in [1.29, 1.82) is 0 Å². The average molecular weight is 643 g/mol. The van der Waals surface area contributed by atoms with Gasteiger partial charge in [0.15, 0.2) is 0 Å². The topological polar surface area (TPSA) is 82.7 Å². The zero-order valence-electron chi connectivity index (χ0n) is 20.5. The van der Waals surface area contributed by atoms with E-state index in [-0.39, 0.29) is 17.3 Å². The third-order valence-corrected chi connectivity index (χ3v) is 10.0. The van der Waals surface area contributed by atoms with Gasteiger partial charge in [-0.05, 0) is 96.3 Å². The quantitative estimate of drug-likeness (QED) is 0.415. The number of piperidine rings is 2. The van der Waals surface area contributed by atoms with E-state index in [4.69, 9.17) is 22.3 Å². The number of allylic oxidation sites excluding steroid dienone is 4. The number of fused-ring (bicyclic) bond motifs is 1. The Bertz CT molecular complexity index is 1050. The van der Waals surface area contributed by atoms with E-state index in [0.717, 1.165) is 73.4 Å². The summed E-state index contributed by atoms with van der Waals surface area (Å²) in [6.45, 7) is 3.16. The van der Waals surface area contributed by atoms with Crippen molar-refractivity contribution in [1.82, 2.24) is 14.8 Å². The van der Waals surface area contributed by atoms with Crippen molar-refractivity contribution in [3.05, 3.63) is 49.7 Å². The zero-order valence-corrected chi connectivity index (χ0v) is 24.4. The normalized spacial score (nSPS) is 27.2. The van der Waals surface area contributed by atoms with Crippen LogP contribution in [0.5, 0.6) is 0 Å². The van der Waals surface area contributed by atoms with Gasteiger partial charge in [0.2, 0.25) is 0 Å². The molecule has 1 aromatic heterocycles. The second-order valence-electron chi connectivity index (χ2n) is 10.8. The molecule has 2 fully saturated rings. The first kappa shape index (κ1) is 26.7. The van der Waals surface area contributed by atoms with Crippen LogP contribution in [0.25, 0.3) is 0 Å². The van der Waals surface area contributed by atoms with Crippen LogP contribution in [0.2, 0.25) is 0 Å². The van der Waals surface area contributed by atoms with Crippen molar-refractivity contribution < 1.29 is 9.90 Å². The van der Waals surface area contributed by atoms with E-state index in [2.05, 4.69) is 48.9 Å². The predicted molar refractivity (Wildman–Crippen MR) is 150 cm³/mol. The molecule has 3 heterocycles. The molecule has 0 aromatic carbocycles. The number of nitrogens with zero attached hydrogens (tertiary/aromatic N) is 3. The van der Waals surface area contributed by atoms with E-state index in [0.29, 0.717) is 24.9 Å². The summed E-state index contributed by atoms with van der Waals surface area (Å²) in [5, 5.41) is 11.1. The minimum absolute atomic E-state index is 0.0338. The SMILES string of the molecule is NC(=O)N1CCC(CC(O)N2CCC([C@@H]3C4=C(CCc5cc(Br)cnc53)CC(Cl)C=C4Br)CC2)CC1. The van der Waals surface area contributed by atoms with Crippen molar-refractivity contribution in [3.8, 4) is 0 Å². The number of aliphatic hydroxyl groups excluding tert-OH is 1. The van der Waals surface area contributed by atoms with Gasteiger partial charge in [0, 0.05) is 47.2 Å². The van der Waals surface area contributed by atoms with Crippen LogP contribution >= 0.6 is 43.5 Å². The summed E-state index contributed by atoms with van der Waals surface area (Å²) in [5.41, 5.74) is 10.8. The van der Waals surface area contributed by atoms with Crippen molar-refractivity contribution >= 4 is 49.5 Å². The molecule has 4 aliphatic rings. The maximum atomic E-state index is 11.4.